The molecule has 0 heterocycles. The van der Waals surface area contributed by atoms with Crippen molar-refractivity contribution < 1.29 is 9.47 Å². The molecule has 0 N–H and O–H groups in total. The molecule has 0 amide bonds. The molecule has 1 aromatic carbocycles. The zero-order valence-electron chi connectivity index (χ0n) is 10.4. The third-order valence-corrected chi connectivity index (χ3v) is 3.36. The molecule has 0 aliphatic heterocycles. The number of alkyl halides is 1. The van der Waals surface area contributed by atoms with Gasteiger partial charge in [0.05, 0.1) is 17.7 Å². The van der Waals surface area contributed by atoms with Crippen molar-refractivity contribution in [3.8, 4) is 11.5 Å². The average Bonchev–Trinajstić information content (AvgIpc) is 2.31. The Labute approximate surface area is 116 Å². The van der Waals surface area contributed by atoms with Gasteiger partial charge in [0.1, 0.15) is 0 Å². The van der Waals surface area contributed by atoms with Crippen molar-refractivity contribution in [2.24, 2.45) is 0 Å². The van der Waals surface area contributed by atoms with Crippen LogP contribution in [0.25, 0.3) is 0 Å². The highest BCUT2D eigenvalue weighted by Crippen LogP contribution is 2.38. The normalized spacial score (nSPS) is 12.3. The molecule has 2 nitrogen and oxygen atoms in total. The van der Waals surface area contributed by atoms with Gasteiger partial charge in [0.25, 0.3) is 0 Å². The molecular formula is C13H18BrClO2. The summed E-state index contributed by atoms with van der Waals surface area (Å²) in [4.78, 5) is 0. The van der Waals surface area contributed by atoms with Gasteiger partial charge < -0.3 is 9.47 Å². The van der Waals surface area contributed by atoms with Crippen LogP contribution in [0.2, 0.25) is 0 Å². The molecule has 96 valence electrons. The van der Waals surface area contributed by atoms with E-state index in [1.807, 2.05) is 12.1 Å². The summed E-state index contributed by atoms with van der Waals surface area (Å²) in [5.74, 6) is 1.93. The summed E-state index contributed by atoms with van der Waals surface area (Å²) in [6.07, 6.45) is 2.29. The number of hydrogen-bond acceptors (Lipinski definition) is 2. The van der Waals surface area contributed by atoms with Gasteiger partial charge in [-0.25, -0.2) is 0 Å². The van der Waals surface area contributed by atoms with Gasteiger partial charge in [0.15, 0.2) is 11.5 Å². The Bertz CT molecular complexity index is 369. The van der Waals surface area contributed by atoms with Crippen LogP contribution in [-0.4, -0.2) is 13.2 Å². The minimum Gasteiger partial charge on any atom is -0.493 e. The van der Waals surface area contributed by atoms with E-state index < -0.39 is 0 Å². The average molecular weight is 322 g/mol. The fourth-order valence-corrected chi connectivity index (χ4v) is 2.37. The molecule has 0 saturated carbocycles. The van der Waals surface area contributed by atoms with Gasteiger partial charge in [-0.1, -0.05) is 13.3 Å². The minimum absolute atomic E-state index is 0.173. The smallest absolute Gasteiger partial charge is 0.175 e. The molecule has 1 rings (SSSR count). The van der Waals surface area contributed by atoms with Crippen LogP contribution in [0.5, 0.6) is 11.5 Å². The lowest BCUT2D eigenvalue weighted by Crippen LogP contribution is -2.12. The van der Waals surface area contributed by atoms with Crippen molar-refractivity contribution in [1.82, 2.24) is 0 Å². The Morgan fingerprint density at radius 2 is 2.12 bits per heavy atom. The summed E-state index contributed by atoms with van der Waals surface area (Å²) >= 11 is 9.31. The molecule has 0 bridgehead atoms. The predicted octanol–water partition coefficient (Wildman–Crippen LogP) is 4.76. The molecule has 1 atom stereocenters. The second-order valence-electron chi connectivity index (χ2n) is 3.96. The largest absolute Gasteiger partial charge is 0.493 e. The second-order valence-corrected chi connectivity index (χ2v) is 5.08. The van der Waals surface area contributed by atoms with Gasteiger partial charge in [-0.05, 0) is 47.0 Å². The van der Waals surface area contributed by atoms with Crippen LogP contribution >= 0.6 is 27.5 Å². The highest BCUT2D eigenvalue weighted by atomic mass is 79.9. The topological polar surface area (TPSA) is 18.5 Å². The van der Waals surface area contributed by atoms with E-state index in [0.717, 1.165) is 34.4 Å². The van der Waals surface area contributed by atoms with Crippen LogP contribution in [0.4, 0.5) is 0 Å². The third kappa shape index (κ3) is 4.07. The molecule has 0 spiro atoms. The second kappa shape index (κ2) is 7.12. The predicted molar refractivity (Wildman–Crippen MR) is 75.2 cm³/mol. The van der Waals surface area contributed by atoms with Crippen molar-refractivity contribution in [2.45, 2.75) is 38.7 Å². The molecule has 0 saturated heterocycles. The lowest BCUT2D eigenvalue weighted by atomic mass is 10.2. The standard InChI is InChI=1S/C13H18BrClO2/c1-4-5-9(2)17-13-11(14)6-10(8-15)7-12(13)16-3/h6-7,9H,4-5,8H2,1-3H3. The Kier molecular flexibility index (Phi) is 6.14. The molecule has 4 heteroatoms. The van der Waals surface area contributed by atoms with Crippen molar-refractivity contribution in [1.29, 1.82) is 0 Å². The van der Waals surface area contributed by atoms with Crippen molar-refractivity contribution in [2.75, 3.05) is 7.11 Å². The fourth-order valence-electron chi connectivity index (χ4n) is 1.63. The quantitative estimate of drug-likeness (QED) is 0.703. The molecular weight excluding hydrogens is 303 g/mol. The lowest BCUT2D eigenvalue weighted by molar-refractivity contribution is 0.199. The van der Waals surface area contributed by atoms with E-state index in [4.69, 9.17) is 21.1 Å². The van der Waals surface area contributed by atoms with Crippen molar-refractivity contribution in [3.63, 3.8) is 0 Å². The zero-order chi connectivity index (χ0) is 12.8. The first kappa shape index (κ1) is 14.7. The van der Waals surface area contributed by atoms with E-state index >= 15 is 0 Å². The van der Waals surface area contributed by atoms with E-state index in [2.05, 4.69) is 29.8 Å². The van der Waals surface area contributed by atoms with Crippen LogP contribution in [0.15, 0.2) is 16.6 Å². The van der Waals surface area contributed by atoms with Gasteiger partial charge in [-0.15, -0.1) is 11.6 Å². The lowest BCUT2D eigenvalue weighted by Gasteiger charge is -2.18. The van der Waals surface area contributed by atoms with E-state index in [-0.39, 0.29) is 6.10 Å². The van der Waals surface area contributed by atoms with Gasteiger partial charge in [-0.2, -0.15) is 0 Å². The number of halogens is 2. The molecule has 0 aromatic heterocycles. The van der Waals surface area contributed by atoms with Gasteiger partial charge in [0.2, 0.25) is 0 Å². The van der Waals surface area contributed by atoms with Crippen molar-refractivity contribution >= 4 is 27.5 Å². The van der Waals surface area contributed by atoms with E-state index in [9.17, 15) is 0 Å². The van der Waals surface area contributed by atoms with E-state index in [1.54, 1.807) is 7.11 Å². The SMILES string of the molecule is CCCC(C)Oc1c(Br)cc(CCl)cc1OC. The maximum atomic E-state index is 5.89. The molecule has 0 radical (unpaired) electrons. The number of hydrogen-bond donors (Lipinski definition) is 0. The summed E-state index contributed by atoms with van der Waals surface area (Å²) < 4.78 is 12.1. The molecule has 1 aromatic rings. The van der Waals surface area contributed by atoms with Crippen LogP contribution in [-0.2, 0) is 5.88 Å². The van der Waals surface area contributed by atoms with Crippen LogP contribution in [0.1, 0.15) is 32.3 Å². The third-order valence-electron chi connectivity index (χ3n) is 2.46. The van der Waals surface area contributed by atoms with E-state index in [1.165, 1.54) is 0 Å². The minimum atomic E-state index is 0.173. The Morgan fingerprint density at radius 3 is 2.65 bits per heavy atom. The summed E-state index contributed by atoms with van der Waals surface area (Å²) in [5.41, 5.74) is 1.01. The number of rotatable bonds is 6. The van der Waals surface area contributed by atoms with Crippen LogP contribution in [0, 0.1) is 0 Å². The van der Waals surface area contributed by atoms with Gasteiger partial charge in [0, 0.05) is 5.88 Å². The number of benzene rings is 1. The summed E-state index contributed by atoms with van der Waals surface area (Å²) in [7, 11) is 1.64. The van der Waals surface area contributed by atoms with Crippen LogP contribution in [0.3, 0.4) is 0 Å². The fraction of sp³-hybridized carbons (Fsp3) is 0.538. The Balaban J connectivity index is 2.97. The summed E-state index contributed by atoms with van der Waals surface area (Å²) in [5, 5.41) is 0. The number of methoxy groups -OCH3 is 1. The first-order valence-electron chi connectivity index (χ1n) is 5.71. The van der Waals surface area contributed by atoms with Gasteiger partial charge in [-0.3, -0.25) is 0 Å². The highest BCUT2D eigenvalue weighted by Gasteiger charge is 2.14. The maximum Gasteiger partial charge on any atom is 0.175 e. The van der Waals surface area contributed by atoms with Crippen LogP contribution < -0.4 is 9.47 Å². The molecule has 0 aliphatic carbocycles. The highest BCUT2D eigenvalue weighted by molar-refractivity contribution is 9.10. The molecule has 17 heavy (non-hydrogen) atoms. The van der Waals surface area contributed by atoms with Crippen molar-refractivity contribution in [3.05, 3.63) is 22.2 Å². The number of ether oxygens (including phenoxy) is 2. The molecule has 0 fully saturated rings. The zero-order valence-corrected chi connectivity index (χ0v) is 12.8. The first-order chi connectivity index (χ1) is 8.12. The summed E-state index contributed by atoms with van der Waals surface area (Å²) in [6.45, 7) is 4.20. The summed E-state index contributed by atoms with van der Waals surface area (Å²) in [6, 6.07) is 3.87. The van der Waals surface area contributed by atoms with E-state index in [0.29, 0.717) is 5.88 Å². The Morgan fingerprint density at radius 1 is 1.41 bits per heavy atom. The Hall–Kier alpha value is -0.410. The molecule has 0 aliphatic rings. The first-order valence-corrected chi connectivity index (χ1v) is 7.04. The molecule has 1 unspecified atom stereocenters. The van der Waals surface area contributed by atoms with Gasteiger partial charge >= 0.3 is 0 Å². The maximum absolute atomic E-state index is 5.89. The monoisotopic (exact) mass is 320 g/mol.